The number of benzene rings is 3. The maximum Gasteiger partial charge on any atom is 0.352 e. The van der Waals surface area contributed by atoms with E-state index in [0.717, 1.165) is 39.2 Å². The Hall–Kier alpha value is -4.62. The molecule has 3 aromatic carbocycles. The lowest BCUT2D eigenvalue weighted by atomic mass is 10.1. The van der Waals surface area contributed by atoms with Crippen molar-refractivity contribution in [3.8, 4) is 0 Å². The SMILES string of the molecule is O=C(O)c1ccc2n1Cc1ccccc1N(C(=O)c1ccc(Nc3cccc4cccnc34)cc1Cl)C2. The Kier molecular flexibility index (Phi) is 5.62. The molecule has 2 aromatic heterocycles. The van der Waals surface area contributed by atoms with Gasteiger partial charge in [0.1, 0.15) is 5.69 Å². The smallest absolute Gasteiger partial charge is 0.352 e. The third-order valence-electron chi connectivity index (χ3n) is 6.58. The number of carboxylic acids is 1. The number of amides is 1. The summed E-state index contributed by atoms with van der Waals surface area (Å²) in [5, 5.41) is 14.3. The Balaban J connectivity index is 1.34. The number of nitrogens with zero attached hydrogens (tertiary/aromatic N) is 3. The molecule has 0 aliphatic carbocycles. The van der Waals surface area contributed by atoms with E-state index in [0.29, 0.717) is 17.1 Å². The van der Waals surface area contributed by atoms with Crippen LogP contribution in [-0.2, 0) is 13.1 Å². The van der Waals surface area contributed by atoms with Crippen molar-refractivity contribution in [2.75, 3.05) is 10.2 Å². The van der Waals surface area contributed by atoms with Crippen molar-refractivity contribution in [2.24, 2.45) is 0 Å². The van der Waals surface area contributed by atoms with Crippen molar-refractivity contribution in [3.63, 3.8) is 0 Å². The van der Waals surface area contributed by atoms with Crippen LogP contribution in [0.5, 0.6) is 0 Å². The van der Waals surface area contributed by atoms with Crippen LogP contribution in [0.4, 0.5) is 17.1 Å². The Labute approximate surface area is 217 Å². The lowest BCUT2D eigenvalue weighted by Gasteiger charge is -2.23. The highest BCUT2D eigenvalue weighted by atomic mass is 35.5. The van der Waals surface area contributed by atoms with E-state index in [1.165, 1.54) is 0 Å². The van der Waals surface area contributed by atoms with Crippen molar-refractivity contribution < 1.29 is 14.7 Å². The number of pyridine rings is 1. The van der Waals surface area contributed by atoms with E-state index < -0.39 is 5.97 Å². The van der Waals surface area contributed by atoms with Gasteiger partial charge in [-0.3, -0.25) is 9.78 Å². The number of aromatic nitrogens is 2. The molecule has 0 saturated heterocycles. The zero-order valence-electron chi connectivity index (χ0n) is 19.6. The molecule has 0 bridgehead atoms. The molecule has 2 N–H and O–H groups in total. The third kappa shape index (κ3) is 4.09. The molecule has 0 saturated carbocycles. The first-order valence-corrected chi connectivity index (χ1v) is 12.1. The Morgan fingerprint density at radius 1 is 0.919 bits per heavy atom. The second-order valence-electron chi connectivity index (χ2n) is 8.82. The summed E-state index contributed by atoms with van der Waals surface area (Å²) >= 11 is 6.66. The van der Waals surface area contributed by atoms with E-state index in [1.807, 2.05) is 60.7 Å². The molecule has 182 valence electrons. The number of nitrogens with one attached hydrogen (secondary N) is 1. The highest BCUT2D eigenvalue weighted by Crippen LogP contribution is 2.33. The number of hydrogen-bond donors (Lipinski definition) is 2. The zero-order valence-corrected chi connectivity index (χ0v) is 20.3. The van der Waals surface area contributed by atoms with Crippen LogP contribution in [0.3, 0.4) is 0 Å². The summed E-state index contributed by atoms with van der Waals surface area (Å²) < 4.78 is 1.74. The van der Waals surface area contributed by atoms with Gasteiger partial charge in [-0.2, -0.15) is 0 Å². The maximum absolute atomic E-state index is 13.8. The summed E-state index contributed by atoms with van der Waals surface area (Å²) in [7, 11) is 0. The van der Waals surface area contributed by atoms with Crippen LogP contribution in [-0.4, -0.2) is 26.5 Å². The predicted molar refractivity (Wildman–Crippen MR) is 144 cm³/mol. The predicted octanol–water partition coefficient (Wildman–Crippen LogP) is 6.34. The summed E-state index contributed by atoms with van der Waals surface area (Å²) in [6.45, 7) is 0.584. The third-order valence-corrected chi connectivity index (χ3v) is 6.89. The van der Waals surface area contributed by atoms with Gasteiger partial charge in [-0.1, -0.05) is 48.0 Å². The molecular formula is C29H21ClN4O3. The van der Waals surface area contributed by atoms with Crippen molar-refractivity contribution >= 4 is 51.4 Å². The number of aromatic carboxylic acids is 1. The van der Waals surface area contributed by atoms with Crippen LogP contribution in [0.2, 0.25) is 5.02 Å². The minimum absolute atomic E-state index is 0.190. The number of carbonyl (C=O) groups excluding carboxylic acids is 1. The highest BCUT2D eigenvalue weighted by molar-refractivity contribution is 6.35. The van der Waals surface area contributed by atoms with E-state index in [2.05, 4.69) is 10.3 Å². The summed E-state index contributed by atoms with van der Waals surface area (Å²) in [6, 6.07) is 25.9. The first-order valence-electron chi connectivity index (χ1n) is 11.7. The van der Waals surface area contributed by atoms with E-state index in [4.69, 9.17) is 11.6 Å². The van der Waals surface area contributed by atoms with Crippen molar-refractivity contribution in [3.05, 3.63) is 119 Å². The fraction of sp³-hybridized carbons (Fsp3) is 0.0690. The molecule has 1 aliphatic rings. The molecule has 0 unspecified atom stereocenters. The Bertz CT molecular complexity index is 1690. The molecule has 0 atom stereocenters. The van der Waals surface area contributed by atoms with Crippen LogP contribution >= 0.6 is 11.6 Å². The van der Waals surface area contributed by atoms with Gasteiger partial charge in [0, 0.05) is 28.7 Å². The van der Waals surface area contributed by atoms with Gasteiger partial charge in [0.2, 0.25) is 0 Å². The average Bonchev–Trinajstić information content (AvgIpc) is 3.22. The molecule has 0 spiro atoms. The molecule has 7 nitrogen and oxygen atoms in total. The van der Waals surface area contributed by atoms with E-state index in [1.54, 1.807) is 39.9 Å². The number of hydrogen-bond acceptors (Lipinski definition) is 4. The fourth-order valence-electron chi connectivity index (χ4n) is 4.80. The monoisotopic (exact) mass is 508 g/mol. The van der Waals surface area contributed by atoms with Gasteiger partial charge in [-0.05, 0) is 54.1 Å². The Morgan fingerprint density at radius 3 is 2.59 bits per heavy atom. The lowest BCUT2D eigenvalue weighted by Crippen LogP contribution is -2.30. The summed E-state index contributed by atoms with van der Waals surface area (Å²) in [4.78, 5) is 31.7. The normalized spacial score (nSPS) is 12.5. The van der Waals surface area contributed by atoms with Crippen molar-refractivity contribution in [2.45, 2.75) is 13.1 Å². The second kappa shape index (κ2) is 9.11. The van der Waals surface area contributed by atoms with Crippen molar-refractivity contribution in [1.29, 1.82) is 0 Å². The molecule has 0 radical (unpaired) electrons. The van der Waals surface area contributed by atoms with Crippen molar-refractivity contribution in [1.82, 2.24) is 9.55 Å². The van der Waals surface area contributed by atoms with Crippen LogP contribution < -0.4 is 10.2 Å². The first kappa shape index (κ1) is 22.8. The van der Waals surface area contributed by atoms with Crippen LogP contribution in [0.1, 0.15) is 32.1 Å². The molecule has 8 heteroatoms. The fourth-order valence-corrected chi connectivity index (χ4v) is 5.06. The van der Waals surface area contributed by atoms with E-state index in [9.17, 15) is 14.7 Å². The second-order valence-corrected chi connectivity index (χ2v) is 9.23. The van der Waals surface area contributed by atoms with Crippen LogP contribution in [0, 0.1) is 0 Å². The molecule has 1 aliphatic heterocycles. The van der Waals surface area contributed by atoms with Gasteiger partial charge in [-0.25, -0.2) is 4.79 Å². The summed E-state index contributed by atoms with van der Waals surface area (Å²) in [6.07, 6.45) is 1.75. The van der Waals surface area contributed by atoms with Gasteiger partial charge in [0.05, 0.1) is 34.9 Å². The van der Waals surface area contributed by atoms with Gasteiger partial charge >= 0.3 is 5.97 Å². The topological polar surface area (TPSA) is 87.5 Å². The summed E-state index contributed by atoms with van der Waals surface area (Å²) in [5.41, 5.74) is 5.28. The molecule has 37 heavy (non-hydrogen) atoms. The number of halogens is 1. The van der Waals surface area contributed by atoms with Crippen LogP contribution in [0.15, 0.2) is 91.1 Å². The van der Waals surface area contributed by atoms with Crippen LogP contribution in [0.25, 0.3) is 10.9 Å². The summed E-state index contributed by atoms with van der Waals surface area (Å²) in [5.74, 6) is -1.27. The number of rotatable bonds is 4. The minimum Gasteiger partial charge on any atom is -0.477 e. The largest absolute Gasteiger partial charge is 0.477 e. The van der Waals surface area contributed by atoms with Gasteiger partial charge in [0.25, 0.3) is 5.91 Å². The van der Waals surface area contributed by atoms with Gasteiger partial charge < -0.3 is 19.9 Å². The lowest BCUT2D eigenvalue weighted by molar-refractivity contribution is 0.0685. The number of carbonyl (C=O) groups is 2. The standard InChI is InChI=1S/C29H21ClN4O3/c30-23-15-20(32-24-8-3-6-18-7-4-14-31-27(18)24)10-12-22(23)28(35)34-17-21-11-13-26(29(36)37)33(21)16-19-5-1-2-9-25(19)34/h1-15,32H,16-17H2,(H,36,37). The molecule has 3 heterocycles. The molecule has 1 amide bonds. The van der Waals surface area contributed by atoms with Gasteiger partial charge in [-0.15, -0.1) is 0 Å². The van der Waals surface area contributed by atoms with E-state index >= 15 is 0 Å². The zero-order chi connectivity index (χ0) is 25.5. The highest BCUT2D eigenvalue weighted by Gasteiger charge is 2.28. The average molecular weight is 509 g/mol. The number of para-hydroxylation sites is 2. The quantitative estimate of drug-likeness (QED) is 0.296. The van der Waals surface area contributed by atoms with Gasteiger partial charge in [0.15, 0.2) is 0 Å². The Morgan fingerprint density at radius 2 is 1.76 bits per heavy atom. The molecule has 6 rings (SSSR count). The number of carboxylic acid groups (broad SMARTS) is 1. The number of fused-ring (bicyclic) bond motifs is 3. The molecular weight excluding hydrogens is 488 g/mol. The maximum atomic E-state index is 13.8. The molecule has 0 fully saturated rings. The number of anilines is 3. The molecule has 5 aromatic rings. The first-order chi connectivity index (χ1) is 18.0. The minimum atomic E-state index is -1.00. The van der Waals surface area contributed by atoms with E-state index in [-0.39, 0.29) is 18.1 Å².